The van der Waals surface area contributed by atoms with E-state index in [0.29, 0.717) is 16.4 Å². The number of rotatable bonds is 5. The molecule has 2 aromatic rings. The predicted octanol–water partition coefficient (Wildman–Crippen LogP) is 1.96. The monoisotopic (exact) mass is 301 g/mol. The molecule has 0 spiro atoms. The molecule has 19 heavy (non-hydrogen) atoms. The summed E-state index contributed by atoms with van der Waals surface area (Å²) in [5.41, 5.74) is 2.87. The van der Waals surface area contributed by atoms with E-state index in [9.17, 15) is 10.1 Å². The zero-order chi connectivity index (χ0) is 13.8. The van der Waals surface area contributed by atoms with Gasteiger partial charge in [0.1, 0.15) is 18.1 Å². The van der Waals surface area contributed by atoms with Gasteiger partial charge < -0.3 is 10.2 Å². The number of nitrogens with zero attached hydrogens (tertiary/aromatic N) is 3. The highest BCUT2D eigenvalue weighted by Crippen LogP contribution is 2.29. The minimum absolute atomic E-state index is 0.100. The molecule has 2 rings (SSSR count). The molecule has 100 valence electrons. The first-order valence-corrected chi connectivity index (χ1v) is 6.11. The lowest BCUT2D eigenvalue weighted by Gasteiger charge is -2.06. The smallest absolute Gasteiger partial charge is 0.271 e. The molecule has 1 aromatic heterocycles. The Labute approximate surface area is 116 Å². The van der Waals surface area contributed by atoms with Crippen LogP contribution < -0.4 is 16.0 Å². The van der Waals surface area contributed by atoms with Crippen LogP contribution in [0.2, 0.25) is 5.02 Å². The van der Waals surface area contributed by atoms with Crippen molar-refractivity contribution in [2.75, 3.05) is 5.43 Å². The Hall–Kier alpha value is -1.97. The molecule has 0 atom stereocenters. The Kier molecular flexibility index (Phi) is 4.10. The molecule has 0 aliphatic rings. The number of nitro groups is 1. The lowest BCUT2D eigenvalue weighted by molar-refractivity contribution is -0.384. The number of aromatic nitrogens is 2. The lowest BCUT2D eigenvalue weighted by Crippen LogP contribution is -2.08. The number of hydrogen-bond donors (Lipinski definition) is 2. The van der Waals surface area contributed by atoms with E-state index in [1.807, 2.05) is 0 Å². The van der Waals surface area contributed by atoms with Crippen LogP contribution in [0.3, 0.4) is 0 Å². The van der Waals surface area contributed by atoms with Gasteiger partial charge in [-0.15, -0.1) is 5.10 Å². The zero-order valence-corrected chi connectivity index (χ0v) is 10.9. The van der Waals surface area contributed by atoms with Crippen LogP contribution in [0.1, 0.15) is 5.69 Å². The standard InChI is InChI=1S/C9H8ClN5O3S/c10-6-3-5(15(16)17)1-2-8(6)18-4-7-9(12-11)19-14-13-7/h1-3,12H,4,11H2. The van der Waals surface area contributed by atoms with E-state index in [1.54, 1.807) is 0 Å². The average Bonchev–Trinajstić information content (AvgIpc) is 2.84. The molecule has 0 fully saturated rings. The summed E-state index contributed by atoms with van der Waals surface area (Å²) in [5, 5.41) is 15.1. The number of nitrogens with two attached hydrogens (primary N) is 1. The molecule has 0 saturated carbocycles. The van der Waals surface area contributed by atoms with Gasteiger partial charge in [0.15, 0.2) is 5.00 Å². The fourth-order valence-electron chi connectivity index (χ4n) is 1.28. The second-order valence-corrected chi connectivity index (χ2v) is 4.51. The van der Waals surface area contributed by atoms with E-state index in [0.717, 1.165) is 11.5 Å². The Bertz CT molecular complexity index is 605. The van der Waals surface area contributed by atoms with E-state index >= 15 is 0 Å². The Morgan fingerprint density at radius 1 is 1.58 bits per heavy atom. The number of nitro benzene ring substituents is 1. The quantitative estimate of drug-likeness (QED) is 0.492. The number of anilines is 1. The maximum Gasteiger partial charge on any atom is 0.271 e. The lowest BCUT2D eigenvalue weighted by atomic mass is 10.3. The molecule has 0 amide bonds. The molecule has 0 saturated heterocycles. The number of benzene rings is 1. The molecule has 0 radical (unpaired) electrons. The molecular formula is C9H8ClN5O3S. The van der Waals surface area contributed by atoms with E-state index < -0.39 is 4.92 Å². The summed E-state index contributed by atoms with van der Waals surface area (Å²) in [5.74, 6) is 5.59. The van der Waals surface area contributed by atoms with Crippen molar-refractivity contribution < 1.29 is 9.66 Å². The third-order valence-electron chi connectivity index (χ3n) is 2.18. The molecule has 1 heterocycles. The number of non-ortho nitro benzene ring substituents is 1. The Morgan fingerprint density at radius 3 is 3.00 bits per heavy atom. The number of halogens is 1. The summed E-state index contributed by atoms with van der Waals surface area (Å²) in [4.78, 5) is 10.0. The number of hydrazine groups is 1. The topological polar surface area (TPSA) is 116 Å². The van der Waals surface area contributed by atoms with Gasteiger partial charge >= 0.3 is 0 Å². The molecule has 0 unspecified atom stereocenters. The SMILES string of the molecule is NNc1snnc1COc1ccc([N+](=O)[O-])cc1Cl. The van der Waals surface area contributed by atoms with Gasteiger partial charge in [-0.2, -0.15) is 0 Å². The van der Waals surface area contributed by atoms with Crippen LogP contribution in [0.25, 0.3) is 0 Å². The molecule has 10 heteroatoms. The van der Waals surface area contributed by atoms with E-state index in [-0.39, 0.29) is 17.3 Å². The number of hydrogen-bond acceptors (Lipinski definition) is 8. The fourth-order valence-corrected chi connectivity index (χ4v) is 1.99. The van der Waals surface area contributed by atoms with Crippen molar-refractivity contribution in [2.45, 2.75) is 6.61 Å². The fraction of sp³-hybridized carbons (Fsp3) is 0.111. The van der Waals surface area contributed by atoms with Crippen LogP contribution in [0.15, 0.2) is 18.2 Å². The Balaban J connectivity index is 2.10. The summed E-state index contributed by atoms with van der Waals surface area (Å²) in [6.45, 7) is 0.105. The largest absolute Gasteiger partial charge is 0.486 e. The van der Waals surface area contributed by atoms with Crippen LogP contribution in [-0.4, -0.2) is 14.5 Å². The normalized spacial score (nSPS) is 10.2. The number of nitrogens with one attached hydrogen (secondary N) is 1. The molecule has 3 N–H and O–H groups in total. The van der Waals surface area contributed by atoms with E-state index in [2.05, 4.69) is 15.0 Å². The van der Waals surface area contributed by atoms with Crippen molar-refractivity contribution in [1.29, 1.82) is 0 Å². The average molecular weight is 302 g/mol. The van der Waals surface area contributed by atoms with Crippen LogP contribution in [0, 0.1) is 10.1 Å². The summed E-state index contributed by atoms with van der Waals surface area (Å²) in [6.07, 6.45) is 0. The van der Waals surface area contributed by atoms with Crippen molar-refractivity contribution >= 4 is 33.8 Å². The molecule has 0 bridgehead atoms. The van der Waals surface area contributed by atoms with Gasteiger partial charge in [-0.25, -0.2) is 5.84 Å². The summed E-state index contributed by atoms with van der Waals surface area (Å²) < 4.78 is 9.12. The number of nitrogen functional groups attached to an aromatic ring is 1. The van der Waals surface area contributed by atoms with Crippen molar-refractivity contribution in [3.63, 3.8) is 0 Å². The second kappa shape index (κ2) is 5.78. The van der Waals surface area contributed by atoms with Crippen molar-refractivity contribution in [1.82, 2.24) is 9.59 Å². The van der Waals surface area contributed by atoms with Gasteiger partial charge in [0.25, 0.3) is 5.69 Å². The van der Waals surface area contributed by atoms with E-state index in [1.165, 1.54) is 18.2 Å². The van der Waals surface area contributed by atoms with Crippen molar-refractivity contribution in [2.24, 2.45) is 5.84 Å². The maximum atomic E-state index is 10.6. The van der Waals surface area contributed by atoms with Crippen LogP contribution >= 0.6 is 23.1 Å². The zero-order valence-electron chi connectivity index (χ0n) is 9.37. The minimum Gasteiger partial charge on any atom is -0.486 e. The van der Waals surface area contributed by atoms with Gasteiger partial charge in [-0.3, -0.25) is 10.1 Å². The molecule has 0 aliphatic heterocycles. The maximum absolute atomic E-state index is 10.6. The summed E-state index contributed by atoms with van der Waals surface area (Å²) in [7, 11) is 0. The molecule has 8 nitrogen and oxygen atoms in total. The van der Waals surface area contributed by atoms with Crippen molar-refractivity contribution in [3.8, 4) is 5.75 Å². The predicted molar refractivity (Wildman–Crippen MR) is 70.2 cm³/mol. The first kappa shape index (κ1) is 13.5. The van der Waals surface area contributed by atoms with Crippen LogP contribution in [0.4, 0.5) is 10.7 Å². The highest BCUT2D eigenvalue weighted by atomic mass is 35.5. The third kappa shape index (κ3) is 3.08. The van der Waals surface area contributed by atoms with Gasteiger partial charge in [0.05, 0.1) is 9.95 Å². The first-order valence-electron chi connectivity index (χ1n) is 4.96. The molecule has 1 aromatic carbocycles. The second-order valence-electron chi connectivity index (χ2n) is 3.35. The van der Waals surface area contributed by atoms with Crippen LogP contribution in [-0.2, 0) is 6.61 Å². The Morgan fingerprint density at radius 2 is 2.37 bits per heavy atom. The van der Waals surface area contributed by atoms with E-state index in [4.69, 9.17) is 22.2 Å². The van der Waals surface area contributed by atoms with Gasteiger partial charge in [-0.05, 0) is 6.07 Å². The van der Waals surface area contributed by atoms with Gasteiger partial charge in [-0.1, -0.05) is 16.1 Å². The molecule has 0 aliphatic carbocycles. The molecular weight excluding hydrogens is 294 g/mol. The first-order chi connectivity index (χ1) is 9.11. The minimum atomic E-state index is -0.531. The van der Waals surface area contributed by atoms with Gasteiger partial charge in [0, 0.05) is 23.7 Å². The van der Waals surface area contributed by atoms with Crippen LogP contribution in [0.5, 0.6) is 5.75 Å². The van der Waals surface area contributed by atoms with Crippen molar-refractivity contribution in [3.05, 3.63) is 39.0 Å². The third-order valence-corrected chi connectivity index (χ3v) is 3.17. The highest BCUT2D eigenvalue weighted by molar-refractivity contribution is 7.10. The summed E-state index contributed by atoms with van der Waals surface area (Å²) in [6, 6.07) is 3.96. The van der Waals surface area contributed by atoms with Gasteiger partial charge in [0.2, 0.25) is 0 Å². The summed E-state index contributed by atoms with van der Waals surface area (Å²) >= 11 is 6.98. The number of ether oxygens (including phenoxy) is 1. The highest BCUT2D eigenvalue weighted by Gasteiger charge is 2.12.